The van der Waals surface area contributed by atoms with Gasteiger partial charge < -0.3 is 23.7 Å². The molecule has 0 atom stereocenters. The first kappa shape index (κ1) is 27.3. The molecule has 0 N–H and O–H groups in total. The number of amides is 2. The SMILES string of the molecule is COc1ccccc1C(=O)N(CCN1CCOCC1)CC(=O)N(Cc1ccc(F)cc1)Cc1ccc(C)o1. The number of halogens is 1. The topological polar surface area (TPSA) is 75.5 Å². The molecule has 1 aromatic heterocycles. The second-order valence-corrected chi connectivity index (χ2v) is 9.27. The number of benzene rings is 2. The fourth-order valence-electron chi connectivity index (χ4n) is 4.39. The number of morpholine rings is 1. The maximum absolute atomic E-state index is 13.7. The minimum Gasteiger partial charge on any atom is -0.496 e. The second-order valence-electron chi connectivity index (χ2n) is 9.27. The number of ether oxygens (including phenoxy) is 2. The number of hydrogen-bond acceptors (Lipinski definition) is 6. The van der Waals surface area contributed by atoms with E-state index in [1.165, 1.54) is 19.2 Å². The highest BCUT2D eigenvalue weighted by Gasteiger charge is 2.26. The van der Waals surface area contributed by atoms with Crippen LogP contribution in [0.2, 0.25) is 0 Å². The Morgan fingerprint density at radius 2 is 1.71 bits per heavy atom. The summed E-state index contributed by atoms with van der Waals surface area (Å²) in [6, 6.07) is 16.7. The van der Waals surface area contributed by atoms with E-state index in [0.717, 1.165) is 24.4 Å². The summed E-state index contributed by atoms with van der Waals surface area (Å²) in [5.74, 6) is 0.968. The molecule has 4 rings (SSSR count). The minimum atomic E-state index is -0.343. The predicted molar refractivity (Wildman–Crippen MR) is 140 cm³/mol. The van der Waals surface area contributed by atoms with Crippen molar-refractivity contribution in [3.05, 3.63) is 89.1 Å². The summed E-state index contributed by atoms with van der Waals surface area (Å²) in [6.07, 6.45) is 0. The number of aryl methyl sites for hydroxylation is 1. The minimum absolute atomic E-state index is 0.123. The third kappa shape index (κ3) is 7.43. The largest absolute Gasteiger partial charge is 0.496 e. The number of carbonyl (C=O) groups is 2. The number of para-hydroxylation sites is 1. The highest BCUT2D eigenvalue weighted by Crippen LogP contribution is 2.20. The fraction of sp³-hybridized carbons (Fsp3) is 0.379. The molecule has 8 nitrogen and oxygen atoms in total. The quantitative estimate of drug-likeness (QED) is 0.381. The van der Waals surface area contributed by atoms with Gasteiger partial charge in [0.25, 0.3) is 5.91 Å². The molecular weight excluding hydrogens is 489 g/mol. The smallest absolute Gasteiger partial charge is 0.258 e. The van der Waals surface area contributed by atoms with Gasteiger partial charge in [-0.2, -0.15) is 0 Å². The zero-order valence-electron chi connectivity index (χ0n) is 21.9. The van der Waals surface area contributed by atoms with E-state index in [1.807, 2.05) is 19.1 Å². The summed E-state index contributed by atoms with van der Waals surface area (Å²) in [6.45, 7) is 6.03. The van der Waals surface area contributed by atoms with Crippen molar-refractivity contribution >= 4 is 11.8 Å². The fourth-order valence-corrected chi connectivity index (χ4v) is 4.39. The van der Waals surface area contributed by atoms with E-state index in [0.29, 0.717) is 43.4 Å². The Morgan fingerprint density at radius 3 is 2.39 bits per heavy atom. The van der Waals surface area contributed by atoms with Crippen molar-refractivity contribution in [1.82, 2.24) is 14.7 Å². The lowest BCUT2D eigenvalue weighted by Gasteiger charge is -2.31. The third-order valence-electron chi connectivity index (χ3n) is 6.52. The predicted octanol–water partition coefficient (Wildman–Crippen LogP) is 3.74. The number of furan rings is 1. The van der Waals surface area contributed by atoms with Gasteiger partial charge >= 0.3 is 0 Å². The Bertz CT molecular complexity index is 1210. The van der Waals surface area contributed by atoms with E-state index < -0.39 is 0 Å². The molecule has 9 heteroatoms. The number of methoxy groups -OCH3 is 1. The molecule has 0 radical (unpaired) electrons. The van der Waals surface area contributed by atoms with Gasteiger partial charge in [0.2, 0.25) is 5.91 Å². The van der Waals surface area contributed by atoms with E-state index in [9.17, 15) is 14.0 Å². The highest BCUT2D eigenvalue weighted by molar-refractivity contribution is 5.98. The molecule has 0 saturated carbocycles. The molecule has 0 bridgehead atoms. The lowest BCUT2D eigenvalue weighted by Crippen LogP contribution is -2.47. The molecule has 2 aromatic carbocycles. The summed E-state index contributed by atoms with van der Waals surface area (Å²) in [5, 5.41) is 0. The maximum Gasteiger partial charge on any atom is 0.258 e. The standard InChI is InChI=1S/C29H34FN3O5/c1-22-7-12-25(38-22)20-33(19-23-8-10-24(30)11-9-23)28(34)21-32(14-13-31-15-17-37-18-16-31)29(35)26-5-3-4-6-27(26)36-2/h3-12H,13-21H2,1-2H3. The van der Waals surface area contributed by atoms with Gasteiger partial charge in [0.15, 0.2) is 0 Å². The molecule has 38 heavy (non-hydrogen) atoms. The number of hydrogen-bond donors (Lipinski definition) is 0. The van der Waals surface area contributed by atoms with Crippen molar-refractivity contribution < 1.29 is 27.9 Å². The lowest BCUT2D eigenvalue weighted by atomic mass is 10.1. The zero-order chi connectivity index (χ0) is 26.9. The molecule has 0 unspecified atom stereocenters. The summed E-state index contributed by atoms with van der Waals surface area (Å²) >= 11 is 0. The van der Waals surface area contributed by atoms with Crippen LogP contribution in [-0.4, -0.2) is 79.6 Å². The Morgan fingerprint density at radius 1 is 0.974 bits per heavy atom. The molecule has 1 saturated heterocycles. The molecule has 1 fully saturated rings. The molecule has 0 spiro atoms. The Hall–Kier alpha value is -3.69. The van der Waals surface area contributed by atoms with E-state index in [4.69, 9.17) is 13.9 Å². The van der Waals surface area contributed by atoms with Crippen LogP contribution in [0.3, 0.4) is 0 Å². The number of carbonyl (C=O) groups excluding carboxylic acids is 2. The molecule has 202 valence electrons. The summed E-state index contributed by atoms with van der Waals surface area (Å²) in [7, 11) is 1.52. The average molecular weight is 524 g/mol. The van der Waals surface area contributed by atoms with Crippen LogP contribution in [0.4, 0.5) is 4.39 Å². The first-order chi connectivity index (χ1) is 18.4. The van der Waals surface area contributed by atoms with E-state index in [1.54, 1.807) is 46.2 Å². The van der Waals surface area contributed by atoms with Crippen molar-refractivity contribution in [2.75, 3.05) is 53.0 Å². The molecule has 0 aliphatic carbocycles. The van der Waals surface area contributed by atoms with Crippen LogP contribution < -0.4 is 4.74 Å². The van der Waals surface area contributed by atoms with Crippen LogP contribution in [-0.2, 0) is 22.6 Å². The van der Waals surface area contributed by atoms with Gasteiger partial charge in [-0.05, 0) is 48.9 Å². The van der Waals surface area contributed by atoms with Gasteiger partial charge in [-0.3, -0.25) is 14.5 Å². The van der Waals surface area contributed by atoms with Crippen LogP contribution in [0, 0.1) is 12.7 Å². The van der Waals surface area contributed by atoms with Gasteiger partial charge in [-0.15, -0.1) is 0 Å². The summed E-state index contributed by atoms with van der Waals surface area (Å²) in [4.78, 5) is 32.8. The Balaban J connectivity index is 1.55. The monoisotopic (exact) mass is 523 g/mol. The average Bonchev–Trinajstić information content (AvgIpc) is 3.36. The molecule has 2 amide bonds. The zero-order valence-corrected chi connectivity index (χ0v) is 21.9. The normalized spacial score (nSPS) is 13.8. The van der Waals surface area contributed by atoms with Gasteiger partial charge in [0.1, 0.15) is 29.6 Å². The molecule has 1 aliphatic rings. The molecular formula is C29H34FN3O5. The second kappa shape index (κ2) is 13.2. The van der Waals surface area contributed by atoms with Crippen LogP contribution in [0.5, 0.6) is 5.75 Å². The Labute approximate surface area is 222 Å². The van der Waals surface area contributed by atoms with Crippen LogP contribution >= 0.6 is 0 Å². The van der Waals surface area contributed by atoms with Crippen molar-refractivity contribution in [1.29, 1.82) is 0 Å². The lowest BCUT2D eigenvalue weighted by molar-refractivity contribution is -0.133. The number of rotatable bonds is 11. The van der Waals surface area contributed by atoms with E-state index in [-0.39, 0.29) is 37.3 Å². The highest BCUT2D eigenvalue weighted by atomic mass is 19.1. The molecule has 1 aliphatic heterocycles. The van der Waals surface area contributed by atoms with Gasteiger partial charge in [0.05, 0.1) is 32.4 Å². The van der Waals surface area contributed by atoms with Crippen LogP contribution in [0.1, 0.15) is 27.4 Å². The van der Waals surface area contributed by atoms with Gasteiger partial charge in [0, 0.05) is 32.7 Å². The van der Waals surface area contributed by atoms with Crippen molar-refractivity contribution in [3.63, 3.8) is 0 Å². The molecule has 3 aromatic rings. The van der Waals surface area contributed by atoms with Crippen molar-refractivity contribution in [2.45, 2.75) is 20.0 Å². The van der Waals surface area contributed by atoms with Crippen LogP contribution in [0.25, 0.3) is 0 Å². The van der Waals surface area contributed by atoms with E-state index in [2.05, 4.69) is 4.90 Å². The first-order valence-corrected chi connectivity index (χ1v) is 12.7. The number of nitrogens with zero attached hydrogens (tertiary/aromatic N) is 3. The van der Waals surface area contributed by atoms with E-state index >= 15 is 0 Å². The maximum atomic E-state index is 13.7. The first-order valence-electron chi connectivity index (χ1n) is 12.7. The van der Waals surface area contributed by atoms with Gasteiger partial charge in [-0.1, -0.05) is 24.3 Å². The summed E-state index contributed by atoms with van der Waals surface area (Å²) in [5.41, 5.74) is 1.18. The third-order valence-corrected chi connectivity index (χ3v) is 6.52. The Kier molecular flexibility index (Phi) is 9.51. The van der Waals surface area contributed by atoms with Crippen molar-refractivity contribution in [3.8, 4) is 5.75 Å². The van der Waals surface area contributed by atoms with Gasteiger partial charge in [-0.25, -0.2) is 4.39 Å². The molecule has 2 heterocycles. The van der Waals surface area contributed by atoms with Crippen molar-refractivity contribution in [2.24, 2.45) is 0 Å². The summed E-state index contributed by atoms with van der Waals surface area (Å²) < 4.78 is 30.1. The van der Waals surface area contributed by atoms with Crippen LogP contribution in [0.15, 0.2) is 65.1 Å².